The summed E-state index contributed by atoms with van der Waals surface area (Å²) >= 11 is 7.59. The van der Waals surface area contributed by atoms with Crippen molar-refractivity contribution in [1.29, 1.82) is 0 Å². The Morgan fingerprint density at radius 2 is 2.18 bits per heavy atom. The van der Waals surface area contributed by atoms with Crippen LogP contribution in [0.4, 0.5) is 0 Å². The Morgan fingerprint density at radius 1 is 1.35 bits per heavy atom. The van der Waals surface area contributed by atoms with Crippen LogP contribution in [0.1, 0.15) is 18.6 Å². The van der Waals surface area contributed by atoms with E-state index < -0.39 is 6.10 Å². The molecule has 0 aliphatic heterocycles. The minimum atomic E-state index is -0.511. The first-order chi connectivity index (χ1) is 8.16. The van der Waals surface area contributed by atoms with Crippen molar-refractivity contribution in [1.82, 2.24) is 9.97 Å². The number of halogens is 1. The highest BCUT2D eigenvalue weighted by Crippen LogP contribution is 2.33. The normalized spacial score (nSPS) is 12.4. The first-order valence-electron chi connectivity index (χ1n) is 5.08. The molecule has 1 N–H and O–H groups in total. The zero-order valence-electron chi connectivity index (χ0n) is 9.17. The fourth-order valence-electron chi connectivity index (χ4n) is 1.31. The molecule has 88 valence electrons. The van der Waals surface area contributed by atoms with Gasteiger partial charge in [-0.2, -0.15) is 0 Å². The van der Waals surface area contributed by atoms with Crippen molar-refractivity contribution >= 4 is 23.4 Å². The van der Waals surface area contributed by atoms with Gasteiger partial charge in [0, 0.05) is 17.3 Å². The molecule has 5 heteroatoms. The lowest BCUT2D eigenvalue weighted by molar-refractivity contribution is 0.199. The fourth-order valence-corrected chi connectivity index (χ4v) is 2.36. The van der Waals surface area contributed by atoms with Crippen LogP contribution in [0.5, 0.6) is 0 Å². The van der Waals surface area contributed by atoms with E-state index in [1.165, 1.54) is 11.8 Å². The van der Waals surface area contributed by atoms with E-state index in [1.54, 1.807) is 31.6 Å². The zero-order valence-corrected chi connectivity index (χ0v) is 10.7. The molecule has 1 aromatic carbocycles. The smallest absolute Gasteiger partial charge is 0.119 e. The molecule has 1 atom stereocenters. The SMILES string of the molecule is C[C@H](O)c1ccc(Sc2cnccn2)c(Cl)c1. The van der Waals surface area contributed by atoms with Gasteiger partial charge >= 0.3 is 0 Å². The van der Waals surface area contributed by atoms with E-state index in [1.807, 2.05) is 12.1 Å². The monoisotopic (exact) mass is 266 g/mol. The summed E-state index contributed by atoms with van der Waals surface area (Å²) in [5.74, 6) is 0. The number of aliphatic hydroxyl groups is 1. The maximum absolute atomic E-state index is 9.44. The van der Waals surface area contributed by atoms with Crippen molar-refractivity contribution < 1.29 is 5.11 Å². The van der Waals surface area contributed by atoms with Crippen LogP contribution in [0, 0.1) is 0 Å². The number of hydrogen-bond acceptors (Lipinski definition) is 4. The van der Waals surface area contributed by atoms with Gasteiger partial charge in [0.1, 0.15) is 5.03 Å². The topological polar surface area (TPSA) is 46.0 Å². The Balaban J connectivity index is 2.23. The van der Waals surface area contributed by atoms with Gasteiger partial charge in [0.2, 0.25) is 0 Å². The molecule has 2 aromatic rings. The summed E-state index contributed by atoms with van der Waals surface area (Å²) in [6.07, 6.45) is 4.44. The molecular formula is C12H11ClN2OS. The summed E-state index contributed by atoms with van der Waals surface area (Å²) < 4.78 is 0. The highest BCUT2D eigenvalue weighted by atomic mass is 35.5. The quantitative estimate of drug-likeness (QED) is 0.926. The van der Waals surface area contributed by atoms with Gasteiger partial charge in [-0.15, -0.1) is 0 Å². The van der Waals surface area contributed by atoms with Gasteiger partial charge in [-0.25, -0.2) is 4.98 Å². The molecule has 1 aromatic heterocycles. The third-order valence-electron chi connectivity index (χ3n) is 2.19. The molecule has 17 heavy (non-hydrogen) atoms. The van der Waals surface area contributed by atoms with Crippen LogP contribution in [0.25, 0.3) is 0 Å². The van der Waals surface area contributed by atoms with E-state index in [4.69, 9.17) is 11.6 Å². The Kier molecular flexibility index (Phi) is 3.99. The second-order valence-electron chi connectivity index (χ2n) is 3.51. The molecule has 0 aliphatic carbocycles. The van der Waals surface area contributed by atoms with E-state index in [-0.39, 0.29) is 0 Å². The Hall–Kier alpha value is -1.10. The van der Waals surface area contributed by atoms with E-state index in [0.717, 1.165) is 15.5 Å². The van der Waals surface area contributed by atoms with Crippen LogP contribution in [-0.4, -0.2) is 15.1 Å². The van der Waals surface area contributed by atoms with Gasteiger partial charge in [0.25, 0.3) is 0 Å². The molecule has 0 radical (unpaired) electrons. The molecule has 0 saturated carbocycles. The lowest BCUT2D eigenvalue weighted by Crippen LogP contribution is -1.91. The average molecular weight is 267 g/mol. The summed E-state index contributed by atoms with van der Waals surface area (Å²) in [5, 5.41) is 10.8. The van der Waals surface area contributed by atoms with Crippen molar-refractivity contribution in [2.24, 2.45) is 0 Å². The average Bonchev–Trinajstić information content (AvgIpc) is 2.33. The van der Waals surface area contributed by atoms with Gasteiger partial charge < -0.3 is 5.11 Å². The maximum Gasteiger partial charge on any atom is 0.119 e. The predicted octanol–water partition coefficient (Wildman–Crippen LogP) is 3.33. The van der Waals surface area contributed by atoms with E-state index in [0.29, 0.717) is 5.02 Å². The molecule has 3 nitrogen and oxygen atoms in total. The lowest BCUT2D eigenvalue weighted by Gasteiger charge is -2.08. The fraction of sp³-hybridized carbons (Fsp3) is 0.167. The van der Waals surface area contributed by atoms with Gasteiger partial charge in [-0.1, -0.05) is 29.4 Å². The second-order valence-corrected chi connectivity index (χ2v) is 4.98. The highest BCUT2D eigenvalue weighted by molar-refractivity contribution is 7.99. The Bertz CT molecular complexity index is 505. The lowest BCUT2D eigenvalue weighted by atomic mass is 10.1. The van der Waals surface area contributed by atoms with Crippen LogP contribution in [0.2, 0.25) is 5.02 Å². The molecule has 0 amide bonds. The van der Waals surface area contributed by atoms with Crippen molar-refractivity contribution in [2.75, 3.05) is 0 Å². The van der Waals surface area contributed by atoms with Crippen LogP contribution >= 0.6 is 23.4 Å². The van der Waals surface area contributed by atoms with Crippen LogP contribution in [0.3, 0.4) is 0 Å². The molecule has 0 bridgehead atoms. The summed E-state index contributed by atoms with van der Waals surface area (Å²) in [4.78, 5) is 9.05. The standard InChI is InChI=1S/C12H11ClN2OS/c1-8(16)9-2-3-11(10(13)6-9)17-12-7-14-4-5-15-12/h2-8,16H,1H3/t8-/m0/s1. The molecule has 2 rings (SSSR count). The number of aromatic nitrogens is 2. The number of benzene rings is 1. The third kappa shape index (κ3) is 3.19. The molecule has 0 fully saturated rings. The van der Waals surface area contributed by atoms with Crippen LogP contribution in [-0.2, 0) is 0 Å². The van der Waals surface area contributed by atoms with Crippen LogP contribution < -0.4 is 0 Å². The molecule has 1 heterocycles. The van der Waals surface area contributed by atoms with Gasteiger partial charge in [0.05, 0.1) is 17.3 Å². The highest BCUT2D eigenvalue weighted by Gasteiger charge is 2.07. The molecule has 0 spiro atoms. The van der Waals surface area contributed by atoms with Gasteiger partial charge in [0.15, 0.2) is 0 Å². The number of hydrogen-bond donors (Lipinski definition) is 1. The van der Waals surface area contributed by atoms with Crippen molar-refractivity contribution in [2.45, 2.75) is 22.9 Å². The van der Waals surface area contributed by atoms with Gasteiger partial charge in [-0.3, -0.25) is 4.98 Å². The molecule has 0 unspecified atom stereocenters. The summed E-state index contributed by atoms with van der Waals surface area (Å²) in [6.45, 7) is 1.71. The summed E-state index contributed by atoms with van der Waals surface area (Å²) in [7, 11) is 0. The van der Waals surface area contributed by atoms with E-state index in [2.05, 4.69) is 9.97 Å². The number of rotatable bonds is 3. The minimum Gasteiger partial charge on any atom is -0.389 e. The Labute approximate surface area is 109 Å². The van der Waals surface area contributed by atoms with Crippen LogP contribution in [0.15, 0.2) is 46.7 Å². The Morgan fingerprint density at radius 3 is 2.76 bits per heavy atom. The first kappa shape index (κ1) is 12.4. The third-order valence-corrected chi connectivity index (χ3v) is 3.61. The molecule has 0 aliphatic rings. The van der Waals surface area contributed by atoms with Crippen molar-refractivity contribution in [3.05, 3.63) is 47.4 Å². The molecule has 0 saturated heterocycles. The maximum atomic E-state index is 9.44. The summed E-state index contributed by atoms with van der Waals surface area (Å²) in [5.41, 5.74) is 0.804. The van der Waals surface area contributed by atoms with E-state index >= 15 is 0 Å². The van der Waals surface area contributed by atoms with Crippen molar-refractivity contribution in [3.63, 3.8) is 0 Å². The molecular weight excluding hydrogens is 256 g/mol. The van der Waals surface area contributed by atoms with Gasteiger partial charge in [-0.05, 0) is 24.6 Å². The number of nitrogens with zero attached hydrogens (tertiary/aromatic N) is 2. The first-order valence-corrected chi connectivity index (χ1v) is 6.27. The predicted molar refractivity (Wildman–Crippen MR) is 68.2 cm³/mol. The second kappa shape index (κ2) is 5.49. The van der Waals surface area contributed by atoms with E-state index in [9.17, 15) is 5.11 Å². The minimum absolute atomic E-state index is 0.511. The number of aliphatic hydroxyl groups excluding tert-OH is 1. The zero-order chi connectivity index (χ0) is 12.3. The summed E-state index contributed by atoms with van der Waals surface area (Å²) in [6, 6.07) is 5.50. The van der Waals surface area contributed by atoms with Crippen molar-refractivity contribution in [3.8, 4) is 0 Å². The largest absolute Gasteiger partial charge is 0.389 e.